The molecule has 0 aliphatic carbocycles. The number of sulfonamides is 1. The van der Waals surface area contributed by atoms with Crippen LogP contribution in [0.3, 0.4) is 0 Å². The maximum atomic E-state index is 12.2. The Morgan fingerprint density at radius 3 is 2.37 bits per heavy atom. The molecular formula is C21H28N2O3S. The molecule has 0 heterocycles. The fourth-order valence-corrected chi connectivity index (χ4v) is 3.82. The van der Waals surface area contributed by atoms with E-state index in [0.717, 1.165) is 29.7 Å². The standard InChI is InChI=1S/C21H28N2O3S/c1-17-11-12-20(18(2)16-17)22-21(24)13-15-23(27(3,25)26)14-7-10-19-8-5-4-6-9-19/h4-6,8-9,11-12,16H,7,10,13-15H2,1-3H3,(H,22,24). The summed E-state index contributed by atoms with van der Waals surface area (Å²) in [6.07, 6.45) is 2.85. The van der Waals surface area contributed by atoms with Gasteiger partial charge in [0.05, 0.1) is 6.26 Å². The van der Waals surface area contributed by atoms with Crippen molar-refractivity contribution in [3.8, 4) is 0 Å². The molecule has 0 atom stereocenters. The summed E-state index contributed by atoms with van der Waals surface area (Å²) in [4.78, 5) is 12.2. The van der Waals surface area contributed by atoms with Gasteiger partial charge in [0, 0.05) is 25.2 Å². The number of rotatable bonds is 9. The molecule has 0 radical (unpaired) electrons. The third kappa shape index (κ3) is 7.15. The summed E-state index contributed by atoms with van der Waals surface area (Å²) in [6, 6.07) is 15.8. The van der Waals surface area contributed by atoms with E-state index in [1.165, 1.54) is 16.1 Å². The summed E-state index contributed by atoms with van der Waals surface area (Å²) < 4.78 is 25.4. The summed E-state index contributed by atoms with van der Waals surface area (Å²) in [6.45, 7) is 4.53. The number of benzene rings is 2. The lowest BCUT2D eigenvalue weighted by Crippen LogP contribution is -2.34. The molecule has 0 saturated heterocycles. The predicted octanol–water partition coefficient (Wildman–Crippen LogP) is 3.53. The summed E-state index contributed by atoms with van der Waals surface area (Å²) in [5.41, 5.74) is 4.07. The van der Waals surface area contributed by atoms with Crippen LogP contribution >= 0.6 is 0 Å². The van der Waals surface area contributed by atoms with Gasteiger partial charge in [-0.15, -0.1) is 0 Å². The molecule has 1 N–H and O–H groups in total. The topological polar surface area (TPSA) is 66.5 Å². The van der Waals surface area contributed by atoms with Crippen molar-refractivity contribution < 1.29 is 13.2 Å². The van der Waals surface area contributed by atoms with Crippen molar-refractivity contribution >= 4 is 21.6 Å². The quantitative estimate of drug-likeness (QED) is 0.715. The molecule has 0 aromatic heterocycles. The Morgan fingerprint density at radius 2 is 1.74 bits per heavy atom. The van der Waals surface area contributed by atoms with Crippen LogP contribution in [-0.2, 0) is 21.2 Å². The third-order valence-corrected chi connectivity index (χ3v) is 5.73. The minimum absolute atomic E-state index is 0.131. The number of carbonyl (C=O) groups is 1. The van der Waals surface area contributed by atoms with Crippen molar-refractivity contribution in [3.05, 3.63) is 65.2 Å². The Morgan fingerprint density at radius 1 is 1.04 bits per heavy atom. The van der Waals surface area contributed by atoms with Crippen molar-refractivity contribution in [1.29, 1.82) is 0 Å². The summed E-state index contributed by atoms with van der Waals surface area (Å²) >= 11 is 0. The first-order chi connectivity index (χ1) is 12.8. The summed E-state index contributed by atoms with van der Waals surface area (Å²) in [5.74, 6) is -0.182. The largest absolute Gasteiger partial charge is 0.326 e. The fourth-order valence-electron chi connectivity index (χ4n) is 2.94. The highest BCUT2D eigenvalue weighted by atomic mass is 32.2. The molecule has 0 unspecified atom stereocenters. The monoisotopic (exact) mass is 388 g/mol. The van der Waals surface area contributed by atoms with E-state index < -0.39 is 10.0 Å². The zero-order chi connectivity index (χ0) is 19.9. The molecular weight excluding hydrogens is 360 g/mol. The molecule has 2 aromatic rings. The predicted molar refractivity (Wildman–Crippen MR) is 110 cm³/mol. The second kappa shape index (κ2) is 9.67. The first-order valence-corrected chi connectivity index (χ1v) is 11.0. The minimum atomic E-state index is -3.35. The number of hydrogen-bond acceptors (Lipinski definition) is 3. The van der Waals surface area contributed by atoms with Crippen LogP contribution in [0.5, 0.6) is 0 Å². The number of hydrogen-bond donors (Lipinski definition) is 1. The number of aryl methyl sites for hydroxylation is 3. The van der Waals surface area contributed by atoms with Crippen LogP contribution in [0.15, 0.2) is 48.5 Å². The van der Waals surface area contributed by atoms with Gasteiger partial charge >= 0.3 is 0 Å². The van der Waals surface area contributed by atoms with Gasteiger partial charge in [0.25, 0.3) is 0 Å². The number of nitrogens with one attached hydrogen (secondary N) is 1. The molecule has 27 heavy (non-hydrogen) atoms. The van der Waals surface area contributed by atoms with Crippen LogP contribution in [0.1, 0.15) is 29.5 Å². The number of carbonyl (C=O) groups excluding carboxylic acids is 1. The van der Waals surface area contributed by atoms with E-state index in [2.05, 4.69) is 5.32 Å². The van der Waals surface area contributed by atoms with E-state index in [0.29, 0.717) is 6.54 Å². The molecule has 0 fully saturated rings. The van der Waals surface area contributed by atoms with Gasteiger partial charge in [0.2, 0.25) is 15.9 Å². The Balaban J connectivity index is 1.87. The van der Waals surface area contributed by atoms with Crippen molar-refractivity contribution in [2.24, 2.45) is 0 Å². The molecule has 2 rings (SSSR count). The average molecular weight is 389 g/mol. The molecule has 146 valence electrons. The Hall–Kier alpha value is -2.18. The first-order valence-electron chi connectivity index (χ1n) is 9.12. The lowest BCUT2D eigenvalue weighted by Gasteiger charge is -2.20. The molecule has 5 nitrogen and oxygen atoms in total. The SMILES string of the molecule is Cc1ccc(NC(=O)CCN(CCCc2ccccc2)S(C)(=O)=O)c(C)c1. The minimum Gasteiger partial charge on any atom is -0.326 e. The van der Waals surface area contributed by atoms with E-state index in [-0.39, 0.29) is 18.9 Å². The summed E-state index contributed by atoms with van der Waals surface area (Å²) in [5, 5.41) is 2.87. The molecule has 6 heteroatoms. The van der Waals surface area contributed by atoms with E-state index in [9.17, 15) is 13.2 Å². The van der Waals surface area contributed by atoms with Crippen molar-refractivity contribution in [2.45, 2.75) is 33.1 Å². The van der Waals surface area contributed by atoms with Crippen LogP contribution in [0.2, 0.25) is 0 Å². The van der Waals surface area contributed by atoms with Gasteiger partial charge in [-0.05, 0) is 43.9 Å². The second-order valence-electron chi connectivity index (χ2n) is 6.87. The summed E-state index contributed by atoms with van der Waals surface area (Å²) in [7, 11) is -3.35. The Labute approximate surface area is 162 Å². The second-order valence-corrected chi connectivity index (χ2v) is 8.85. The van der Waals surface area contributed by atoms with Gasteiger partial charge in [-0.25, -0.2) is 12.7 Å². The molecule has 0 spiro atoms. The smallest absolute Gasteiger partial charge is 0.225 e. The van der Waals surface area contributed by atoms with Crippen LogP contribution in [0.25, 0.3) is 0 Å². The molecule has 2 aromatic carbocycles. The Kier molecular flexibility index (Phi) is 7.56. The zero-order valence-electron chi connectivity index (χ0n) is 16.2. The highest BCUT2D eigenvalue weighted by Crippen LogP contribution is 2.16. The van der Waals surface area contributed by atoms with E-state index in [1.807, 2.05) is 62.4 Å². The maximum absolute atomic E-state index is 12.2. The van der Waals surface area contributed by atoms with Crippen LogP contribution in [0.4, 0.5) is 5.69 Å². The average Bonchev–Trinajstić information content (AvgIpc) is 2.60. The van der Waals surface area contributed by atoms with Crippen molar-refractivity contribution in [3.63, 3.8) is 0 Å². The number of amides is 1. The van der Waals surface area contributed by atoms with Gasteiger partial charge < -0.3 is 5.32 Å². The maximum Gasteiger partial charge on any atom is 0.225 e. The first kappa shape index (κ1) is 21.1. The van der Waals surface area contributed by atoms with Crippen molar-refractivity contribution in [1.82, 2.24) is 4.31 Å². The molecule has 1 amide bonds. The van der Waals surface area contributed by atoms with Gasteiger partial charge in [-0.2, -0.15) is 0 Å². The van der Waals surface area contributed by atoms with E-state index in [4.69, 9.17) is 0 Å². The molecule has 0 bridgehead atoms. The fraction of sp³-hybridized carbons (Fsp3) is 0.381. The van der Waals surface area contributed by atoms with E-state index >= 15 is 0 Å². The van der Waals surface area contributed by atoms with E-state index in [1.54, 1.807) is 0 Å². The zero-order valence-corrected chi connectivity index (χ0v) is 17.1. The van der Waals surface area contributed by atoms with Gasteiger partial charge in [0.1, 0.15) is 0 Å². The molecule has 0 aliphatic heterocycles. The molecule has 0 saturated carbocycles. The number of nitrogens with zero attached hydrogens (tertiary/aromatic N) is 1. The van der Waals surface area contributed by atoms with Crippen LogP contribution in [-0.4, -0.2) is 38.0 Å². The van der Waals surface area contributed by atoms with Crippen LogP contribution in [0, 0.1) is 13.8 Å². The Bertz CT molecular complexity index is 864. The van der Waals surface area contributed by atoms with Gasteiger partial charge in [-0.1, -0.05) is 48.0 Å². The molecule has 0 aliphatic rings. The normalized spacial score (nSPS) is 11.6. The van der Waals surface area contributed by atoms with Gasteiger partial charge in [0.15, 0.2) is 0 Å². The highest BCUT2D eigenvalue weighted by molar-refractivity contribution is 7.88. The van der Waals surface area contributed by atoms with Crippen molar-refractivity contribution in [2.75, 3.05) is 24.7 Å². The third-order valence-electron chi connectivity index (χ3n) is 4.43. The van der Waals surface area contributed by atoms with Crippen LogP contribution < -0.4 is 5.32 Å². The number of anilines is 1. The highest BCUT2D eigenvalue weighted by Gasteiger charge is 2.17. The lowest BCUT2D eigenvalue weighted by molar-refractivity contribution is -0.116. The lowest BCUT2D eigenvalue weighted by atomic mass is 10.1. The van der Waals surface area contributed by atoms with Gasteiger partial charge in [-0.3, -0.25) is 4.79 Å².